The lowest BCUT2D eigenvalue weighted by Gasteiger charge is -2.12. The molecule has 1 aromatic rings. The molecule has 1 amide bonds. The summed E-state index contributed by atoms with van der Waals surface area (Å²) >= 11 is 1.66. The second kappa shape index (κ2) is 8.18. The van der Waals surface area contributed by atoms with Gasteiger partial charge in [0.1, 0.15) is 0 Å². The van der Waals surface area contributed by atoms with Crippen molar-refractivity contribution in [3.8, 4) is 0 Å². The molecule has 0 unspecified atom stereocenters. The minimum absolute atomic E-state index is 0.145. The molecule has 0 radical (unpaired) electrons. The van der Waals surface area contributed by atoms with Gasteiger partial charge in [-0.1, -0.05) is 43.7 Å². The molecule has 0 saturated heterocycles. The van der Waals surface area contributed by atoms with E-state index in [1.807, 2.05) is 18.2 Å². The maximum atomic E-state index is 11.6. The first-order chi connectivity index (χ1) is 8.22. The molecule has 0 aliphatic rings. The third-order valence-corrected chi connectivity index (χ3v) is 3.48. The Morgan fingerprint density at radius 3 is 2.71 bits per heavy atom. The molecule has 0 aliphatic heterocycles. The molecular weight excluding hydrogens is 230 g/mol. The highest BCUT2D eigenvalue weighted by Crippen LogP contribution is 2.11. The second-order valence-electron chi connectivity index (χ2n) is 4.24. The summed E-state index contributed by atoms with van der Waals surface area (Å²) in [6, 6.07) is 10.5. The minimum Gasteiger partial charge on any atom is -0.353 e. The fraction of sp³-hybridized carbons (Fsp3) is 0.500. The summed E-state index contributed by atoms with van der Waals surface area (Å²) in [5.74, 6) is 1.59. The fourth-order valence-corrected chi connectivity index (χ4v) is 2.46. The van der Waals surface area contributed by atoms with Gasteiger partial charge in [-0.2, -0.15) is 0 Å². The summed E-state index contributed by atoms with van der Waals surface area (Å²) < 4.78 is 0. The number of benzene rings is 1. The summed E-state index contributed by atoms with van der Waals surface area (Å²) in [6.07, 6.45) is 2.16. The number of rotatable bonds is 7. The van der Waals surface area contributed by atoms with Crippen LogP contribution < -0.4 is 5.32 Å². The van der Waals surface area contributed by atoms with Gasteiger partial charge < -0.3 is 5.32 Å². The third kappa shape index (κ3) is 6.37. The molecule has 3 heteroatoms. The van der Waals surface area contributed by atoms with E-state index in [0.717, 1.165) is 18.6 Å². The van der Waals surface area contributed by atoms with E-state index >= 15 is 0 Å². The Morgan fingerprint density at radius 1 is 1.35 bits per heavy atom. The summed E-state index contributed by atoms with van der Waals surface area (Å²) in [6.45, 7) is 4.19. The van der Waals surface area contributed by atoms with Gasteiger partial charge >= 0.3 is 0 Å². The largest absolute Gasteiger partial charge is 0.353 e. The van der Waals surface area contributed by atoms with Crippen LogP contribution in [0.1, 0.15) is 32.3 Å². The Bertz CT molecular complexity index is 326. The van der Waals surface area contributed by atoms with Gasteiger partial charge in [0.05, 0.1) is 5.75 Å². The lowest BCUT2D eigenvalue weighted by atomic mass is 10.2. The lowest BCUT2D eigenvalue weighted by Crippen LogP contribution is -2.33. The number of nitrogens with one attached hydrogen (secondary N) is 1. The molecule has 0 saturated carbocycles. The molecule has 0 fully saturated rings. The lowest BCUT2D eigenvalue weighted by molar-refractivity contribution is -0.119. The molecule has 94 valence electrons. The molecule has 1 rings (SSSR count). The van der Waals surface area contributed by atoms with Crippen LogP contribution in [0.4, 0.5) is 0 Å². The molecule has 0 aromatic heterocycles. The molecule has 0 spiro atoms. The van der Waals surface area contributed by atoms with Gasteiger partial charge in [-0.25, -0.2) is 0 Å². The van der Waals surface area contributed by atoms with Crippen LogP contribution in [0.2, 0.25) is 0 Å². The van der Waals surface area contributed by atoms with Gasteiger partial charge in [-0.05, 0) is 18.9 Å². The minimum atomic E-state index is 0.145. The molecule has 17 heavy (non-hydrogen) atoms. The van der Waals surface area contributed by atoms with Crippen LogP contribution in [0, 0.1) is 0 Å². The van der Waals surface area contributed by atoms with Crippen molar-refractivity contribution in [1.82, 2.24) is 5.32 Å². The van der Waals surface area contributed by atoms with Crippen LogP contribution in [0.5, 0.6) is 0 Å². The molecule has 1 N–H and O–H groups in total. The number of carbonyl (C=O) groups is 1. The predicted octanol–water partition coefficient (Wildman–Crippen LogP) is 3.22. The van der Waals surface area contributed by atoms with Gasteiger partial charge in [0.2, 0.25) is 5.91 Å². The van der Waals surface area contributed by atoms with Crippen LogP contribution in [0.15, 0.2) is 30.3 Å². The van der Waals surface area contributed by atoms with Crippen LogP contribution in [0.3, 0.4) is 0 Å². The van der Waals surface area contributed by atoms with E-state index in [2.05, 4.69) is 31.3 Å². The zero-order valence-electron chi connectivity index (χ0n) is 10.6. The number of carbonyl (C=O) groups excluding carboxylic acids is 1. The maximum absolute atomic E-state index is 11.6. The zero-order valence-corrected chi connectivity index (χ0v) is 11.4. The molecule has 0 aliphatic carbocycles. The van der Waals surface area contributed by atoms with Crippen LogP contribution in [0.25, 0.3) is 0 Å². The highest BCUT2D eigenvalue weighted by atomic mass is 32.2. The van der Waals surface area contributed by atoms with E-state index < -0.39 is 0 Å². The van der Waals surface area contributed by atoms with E-state index in [-0.39, 0.29) is 5.91 Å². The third-order valence-electron chi connectivity index (χ3n) is 2.47. The van der Waals surface area contributed by atoms with Crippen molar-refractivity contribution < 1.29 is 4.79 Å². The summed E-state index contributed by atoms with van der Waals surface area (Å²) in [5.41, 5.74) is 1.27. The molecule has 0 heterocycles. The van der Waals surface area contributed by atoms with Crippen molar-refractivity contribution in [3.63, 3.8) is 0 Å². The van der Waals surface area contributed by atoms with E-state index in [1.54, 1.807) is 11.8 Å². The van der Waals surface area contributed by atoms with Gasteiger partial charge in [0, 0.05) is 11.8 Å². The summed E-state index contributed by atoms with van der Waals surface area (Å²) in [4.78, 5) is 11.6. The van der Waals surface area contributed by atoms with Gasteiger partial charge in [0.15, 0.2) is 0 Å². The van der Waals surface area contributed by atoms with Crippen molar-refractivity contribution >= 4 is 17.7 Å². The van der Waals surface area contributed by atoms with Crippen LogP contribution in [-0.2, 0) is 10.5 Å². The SMILES string of the molecule is CCC[C@@H](C)NC(=O)CSCc1ccccc1. The highest BCUT2D eigenvalue weighted by Gasteiger charge is 2.06. The Labute approximate surface area is 108 Å². The Morgan fingerprint density at radius 2 is 2.06 bits per heavy atom. The average Bonchev–Trinajstić information content (AvgIpc) is 2.30. The number of hydrogen-bond acceptors (Lipinski definition) is 2. The number of hydrogen-bond donors (Lipinski definition) is 1. The topological polar surface area (TPSA) is 29.1 Å². The standard InChI is InChI=1S/C14H21NOS/c1-3-7-12(2)15-14(16)11-17-10-13-8-5-4-6-9-13/h4-6,8-9,12H,3,7,10-11H2,1-2H3,(H,15,16)/t12-/m1/s1. The van der Waals surface area contributed by atoms with Crippen molar-refractivity contribution in [2.75, 3.05) is 5.75 Å². The first-order valence-electron chi connectivity index (χ1n) is 6.13. The Hall–Kier alpha value is -0.960. The van der Waals surface area contributed by atoms with E-state index in [4.69, 9.17) is 0 Å². The monoisotopic (exact) mass is 251 g/mol. The molecule has 0 bridgehead atoms. The first kappa shape index (κ1) is 14.1. The number of amides is 1. The molecule has 1 aromatic carbocycles. The smallest absolute Gasteiger partial charge is 0.230 e. The zero-order chi connectivity index (χ0) is 12.5. The van der Waals surface area contributed by atoms with Crippen molar-refractivity contribution in [2.24, 2.45) is 0 Å². The van der Waals surface area contributed by atoms with Crippen molar-refractivity contribution in [1.29, 1.82) is 0 Å². The molecule has 1 atom stereocenters. The van der Waals surface area contributed by atoms with E-state index in [1.165, 1.54) is 5.56 Å². The first-order valence-corrected chi connectivity index (χ1v) is 7.29. The Kier molecular flexibility index (Phi) is 6.78. The normalized spacial score (nSPS) is 12.1. The number of thioether (sulfide) groups is 1. The fourth-order valence-electron chi connectivity index (χ4n) is 1.66. The summed E-state index contributed by atoms with van der Waals surface area (Å²) in [5, 5.41) is 3.01. The highest BCUT2D eigenvalue weighted by molar-refractivity contribution is 7.99. The maximum Gasteiger partial charge on any atom is 0.230 e. The van der Waals surface area contributed by atoms with Crippen LogP contribution >= 0.6 is 11.8 Å². The van der Waals surface area contributed by atoms with Crippen molar-refractivity contribution in [3.05, 3.63) is 35.9 Å². The summed E-state index contributed by atoms with van der Waals surface area (Å²) in [7, 11) is 0. The van der Waals surface area contributed by atoms with Gasteiger partial charge in [0.25, 0.3) is 0 Å². The quantitative estimate of drug-likeness (QED) is 0.806. The average molecular weight is 251 g/mol. The van der Waals surface area contributed by atoms with Crippen LogP contribution in [-0.4, -0.2) is 17.7 Å². The molecular formula is C14H21NOS. The Balaban J connectivity index is 2.16. The van der Waals surface area contributed by atoms with Gasteiger partial charge in [-0.15, -0.1) is 11.8 Å². The predicted molar refractivity (Wildman–Crippen MR) is 75.1 cm³/mol. The van der Waals surface area contributed by atoms with E-state index in [9.17, 15) is 4.79 Å². The van der Waals surface area contributed by atoms with E-state index in [0.29, 0.717) is 11.8 Å². The molecule has 2 nitrogen and oxygen atoms in total. The second-order valence-corrected chi connectivity index (χ2v) is 5.22. The van der Waals surface area contributed by atoms with Crippen molar-refractivity contribution in [2.45, 2.75) is 38.5 Å². The van der Waals surface area contributed by atoms with Gasteiger partial charge in [-0.3, -0.25) is 4.79 Å².